The number of hydrogen-bond acceptors (Lipinski definition) is 5. The fourth-order valence-electron chi connectivity index (χ4n) is 3.41. The Balaban J connectivity index is 1.34. The number of nitrogens with zero attached hydrogens (tertiary/aromatic N) is 2. The summed E-state index contributed by atoms with van der Waals surface area (Å²) in [6.07, 6.45) is 0.946. The molecule has 4 rings (SSSR count). The molecule has 0 aliphatic carbocycles. The van der Waals surface area contributed by atoms with Gasteiger partial charge in [-0.25, -0.2) is 14.8 Å². The van der Waals surface area contributed by atoms with E-state index in [0.29, 0.717) is 31.1 Å². The lowest BCUT2D eigenvalue weighted by Crippen LogP contribution is -2.49. The van der Waals surface area contributed by atoms with Crippen LogP contribution in [0.3, 0.4) is 0 Å². The second-order valence-corrected chi connectivity index (χ2v) is 6.86. The number of urea groups is 1. The Morgan fingerprint density at radius 1 is 1.00 bits per heavy atom. The summed E-state index contributed by atoms with van der Waals surface area (Å²) >= 11 is 0. The maximum Gasteiger partial charge on any atom is 0.336 e. The average molecular weight is 397 g/mol. The van der Waals surface area contributed by atoms with Crippen LogP contribution in [0, 0.1) is 0 Å². The molecule has 0 atom stereocenters. The lowest BCUT2D eigenvalue weighted by atomic mass is 10.1. The molecule has 8 heteroatoms. The highest BCUT2D eigenvalue weighted by molar-refractivity contribution is 5.83. The lowest BCUT2D eigenvalue weighted by molar-refractivity contribution is -0.139. The highest BCUT2D eigenvalue weighted by Gasteiger charge is 2.30. The van der Waals surface area contributed by atoms with Gasteiger partial charge < -0.3 is 19.5 Å². The summed E-state index contributed by atoms with van der Waals surface area (Å²) in [4.78, 5) is 25.4. The van der Waals surface area contributed by atoms with Crippen LogP contribution in [0.1, 0.15) is 17.5 Å². The first-order chi connectivity index (χ1) is 14.1. The number of methoxy groups -OCH3 is 1. The smallest absolute Gasteiger partial charge is 0.336 e. The zero-order chi connectivity index (χ0) is 20.2. The molecule has 2 heterocycles. The molecule has 8 nitrogen and oxygen atoms in total. The quantitative estimate of drug-likeness (QED) is 0.838. The molecule has 1 fully saturated rings. The van der Waals surface area contributed by atoms with Crippen LogP contribution in [0.25, 0.3) is 0 Å². The Labute approximate surface area is 168 Å². The van der Waals surface area contributed by atoms with Crippen LogP contribution in [-0.2, 0) is 17.8 Å². The fourth-order valence-corrected chi connectivity index (χ4v) is 3.41. The van der Waals surface area contributed by atoms with Crippen molar-refractivity contribution >= 4 is 11.9 Å². The van der Waals surface area contributed by atoms with Crippen LogP contribution in [0.15, 0.2) is 42.5 Å². The van der Waals surface area contributed by atoms with Crippen molar-refractivity contribution in [3.63, 3.8) is 0 Å². The summed E-state index contributed by atoms with van der Waals surface area (Å²) in [5, 5.41) is 5.88. The van der Waals surface area contributed by atoms with E-state index in [1.165, 1.54) is 10.0 Å². The number of amides is 3. The highest BCUT2D eigenvalue weighted by atomic mass is 16.7. The zero-order valence-corrected chi connectivity index (χ0v) is 16.2. The molecular weight excluding hydrogens is 374 g/mol. The van der Waals surface area contributed by atoms with Gasteiger partial charge in [-0.15, -0.1) is 0 Å². The van der Waals surface area contributed by atoms with Crippen LogP contribution < -0.4 is 19.5 Å². The van der Waals surface area contributed by atoms with E-state index < -0.39 is 0 Å². The van der Waals surface area contributed by atoms with Crippen LogP contribution in [0.2, 0.25) is 0 Å². The Hall–Kier alpha value is -3.42. The van der Waals surface area contributed by atoms with E-state index in [9.17, 15) is 9.59 Å². The van der Waals surface area contributed by atoms with Gasteiger partial charge in [0.15, 0.2) is 11.5 Å². The van der Waals surface area contributed by atoms with Gasteiger partial charge in [-0.05, 0) is 41.8 Å². The van der Waals surface area contributed by atoms with E-state index in [-0.39, 0.29) is 25.2 Å². The van der Waals surface area contributed by atoms with Gasteiger partial charge in [-0.3, -0.25) is 4.79 Å². The fraction of sp³-hybridized carbons (Fsp3) is 0.333. The Morgan fingerprint density at radius 2 is 1.72 bits per heavy atom. The summed E-state index contributed by atoms with van der Waals surface area (Å²) in [5.41, 5.74) is 1.78. The van der Waals surface area contributed by atoms with Crippen LogP contribution in [0.4, 0.5) is 4.79 Å². The molecule has 0 saturated carbocycles. The minimum absolute atomic E-state index is 0.124. The van der Waals surface area contributed by atoms with Gasteiger partial charge in [-0.1, -0.05) is 18.2 Å². The molecule has 0 radical (unpaired) electrons. The first kappa shape index (κ1) is 18.9. The molecule has 2 aromatic carbocycles. The molecule has 1 N–H and O–H groups in total. The van der Waals surface area contributed by atoms with E-state index in [0.717, 1.165) is 23.3 Å². The van der Waals surface area contributed by atoms with Crippen LogP contribution in [0.5, 0.6) is 17.2 Å². The van der Waals surface area contributed by atoms with E-state index >= 15 is 0 Å². The molecule has 0 unspecified atom stereocenters. The predicted molar refractivity (Wildman–Crippen MR) is 105 cm³/mol. The maximum atomic E-state index is 12.8. The summed E-state index contributed by atoms with van der Waals surface area (Å²) < 4.78 is 15.8. The van der Waals surface area contributed by atoms with Crippen molar-refractivity contribution in [1.82, 2.24) is 15.3 Å². The Bertz CT molecular complexity index is 900. The molecule has 3 amide bonds. The largest absolute Gasteiger partial charge is 0.497 e. The number of nitrogens with one attached hydrogen (secondary N) is 1. The SMILES string of the molecule is COc1ccc(CNC(=O)N2CCCN2C(=O)Cc2ccc3c(c2)OCO3)cc1. The minimum atomic E-state index is -0.280. The number of benzene rings is 2. The van der Waals surface area contributed by atoms with Gasteiger partial charge in [0.2, 0.25) is 12.7 Å². The van der Waals surface area contributed by atoms with Gasteiger partial charge in [0.05, 0.1) is 13.5 Å². The van der Waals surface area contributed by atoms with Gasteiger partial charge in [0, 0.05) is 19.6 Å². The third-order valence-electron chi connectivity index (χ3n) is 4.95. The lowest BCUT2D eigenvalue weighted by Gasteiger charge is -2.28. The third-order valence-corrected chi connectivity index (χ3v) is 4.95. The van der Waals surface area contributed by atoms with Gasteiger partial charge in [-0.2, -0.15) is 0 Å². The van der Waals surface area contributed by atoms with Crippen molar-refractivity contribution in [3.8, 4) is 17.2 Å². The summed E-state index contributed by atoms with van der Waals surface area (Å²) in [6, 6.07) is 12.7. The molecule has 0 aromatic heterocycles. The first-order valence-corrected chi connectivity index (χ1v) is 9.51. The second-order valence-electron chi connectivity index (χ2n) is 6.86. The number of fused-ring (bicyclic) bond motifs is 1. The predicted octanol–water partition coefficient (Wildman–Crippen LogP) is 2.33. The molecule has 2 aromatic rings. The standard InChI is InChI=1S/C21H23N3O5/c1-27-17-6-3-15(4-7-17)13-22-21(26)24-10-2-9-23(24)20(25)12-16-5-8-18-19(11-16)29-14-28-18/h3-8,11H,2,9-10,12-14H2,1H3,(H,22,26). The summed E-state index contributed by atoms with van der Waals surface area (Å²) in [5.74, 6) is 1.97. The van der Waals surface area contributed by atoms with Crippen LogP contribution in [-0.4, -0.2) is 48.9 Å². The zero-order valence-electron chi connectivity index (χ0n) is 16.2. The molecule has 1 saturated heterocycles. The van der Waals surface area contributed by atoms with Gasteiger partial charge in [0.1, 0.15) is 5.75 Å². The van der Waals surface area contributed by atoms with Crippen LogP contribution >= 0.6 is 0 Å². The van der Waals surface area contributed by atoms with Crippen molar-refractivity contribution < 1.29 is 23.8 Å². The number of hydrazine groups is 1. The third kappa shape index (κ3) is 4.21. The van der Waals surface area contributed by atoms with E-state index in [1.54, 1.807) is 13.2 Å². The van der Waals surface area contributed by atoms with Crippen molar-refractivity contribution in [1.29, 1.82) is 0 Å². The molecule has 0 bridgehead atoms. The van der Waals surface area contributed by atoms with Crippen molar-refractivity contribution in [2.75, 3.05) is 27.0 Å². The molecule has 152 valence electrons. The molecule has 29 heavy (non-hydrogen) atoms. The average Bonchev–Trinajstić information content (AvgIpc) is 3.41. The monoisotopic (exact) mass is 397 g/mol. The summed E-state index contributed by atoms with van der Waals surface area (Å²) in [6.45, 7) is 1.62. The summed E-state index contributed by atoms with van der Waals surface area (Å²) in [7, 11) is 1.61. The van der Waals surface area contributed by atoms with E-state index in [1.807, 2.05) is 36.4 Å². The number of hydrogen-bond donors (Lipinski definition) is 1. The maximum absolute atomic E-state index is 12.8. The van der Waals surface area contributed by atoms with Crippen molar-refractivity contribution in [3.05, 3.63) is 53.6 Å². The molecule has 2 aliphatic heterocycles. The molecular formula is C21H23N3O5. The van der Waals surface area contributed by atoms with E-state index in [2.05, 4.69) is 5.32 Å². The Kier molecular flexibility index (Phi) is 5.41. The van der Waals surface area contributed by atoms with Crippen molar-refractivity contribution in [2.45, 2.75) is 19.4 Å². The van der Waals surface area contributed by atoms with Crippen molar-refractivity contribution in [2.24, 2.45) is 0 Å². The minimum Gasteiger partial charge on any atom is -0.497 e. The van der Waals surface area contributed by atoms with E-state index in [4.69, 9.17) is 14.2 Å². The molecule has 0 spiro atoms. The number of carbonyl (C=O) groups excluding carboxylic acids is 2. The van der Waals surface area contributed by atoms with Gasteiger partial charge >= 0.3 is 6.03 Å². The molecule has 2 aliphatic rings. The number of carbonyl (C=O) groups is 2. The highest BCUT2D eigenvalue weighted by Crippen LogP contribution is 2.32. The number of rotatable bonds is 5. The normalized spacial score (nSPS) is 14.8. The second kappa shape index (κ2) is 8.30. The first-order valence-electron chi connectivity index (χ1n) is 9.51. The van der Waals surface area contributed by atoms with Gasteiger partial charge in [0.25, 0.3) is 0 Å². The number of ether oxygens (including phenoxy) is 3. The topological polar surface area (TPSA) is 80.3 Å². The Morgan fingerprint density at radius 3 is 2.52 bits per heavy atom.